The summed E-state index contributed by atoms with van der Waals surface area (Å²) in [5.74, 6) is 0.672. The van der Waals surface area contributed by atoms with Crippen LogP contribution in [0, 0.1) is 0 Å². The van der Waals surface area contributed by atoms with Gasteiger partial charge in [-0.3, -0.25) is 4.57 Å². The predicted molar refractivity (Wildman–Crippen MR) is 283 cm³/mol. The monoisotopic (exact) mass is 866 g/mol. The molecule has 0 spiro atoms. The Balaban J connectivity index is 0.887. The summed E-state index contributed by atoms with van der Waals surface area (Å²) in [4.78, 5) is 11.1. The summed E-state index contributed by atoms with van der Waals surface area (Å²) in [5.41, 5.74) is 10.6. The standard InChI is InChI=1S/C63H38N4O/c1-63(38-27-29-55-49(33-38)48-32-37-26-28-54-57(47(37)34-56(48)68-55)46-23-13-22-45-41-18-9-11-24-51(41)66(54)61(45)46)31-30-53-50(35-63)42-19-10-12-25-52(42)67(53)62-64-59(36-14-3-2-4-15-36)58-43-20-7-5-16-39(43)40-17-6-8-21-44(40)60(58)65-62/h2-30,32-35H,31H2,1H3. The van der Waals surface area contributed by atoms with Gasteiger partial charge < -0.3 is 8.82 Å². The Bertz CT molecular complexity index is 4840. The van der Waals surface area contributed by atoms with Gasteiger partial charge in [-0.25, -0.2) is 9.97 Å². The molecule has 15 aromatic rings. The Hall–Kier alpha value is -8.80. The van der Waals surface area contributed by atoms with Gasteiger partial charge >= 0.3 is 0 Å². The van der Waals surface area contributed by atoms with Crippen molar-refractivity contribution in [2.75, 3.05) is 0 Å². The molecule has 0 radical (unpaired) electrons. The average molecular weight is 867 g/mol. The van der Waals surface area contributed by atoms with Crippen LogP contribution >= 0.6 is 0 Å². The fourth-order valence-electron chi connectivity index (χ4n) is 12.3. The van der Waals surface area contributed by atoms with Gasteiger partial charge in [-0.1, -0.05) is 165 Å². The molecule has 68 heavy (non-hydrogen) atoms. The SMILES string of the molecule is CC1(c2ccc3oc4cc5c(ccc6c5c5cccc7c8ccccc8n6c75)cc4c3c2)C=c2c(n(-c3nc(-c4ccccc4)c4c5ccccc5c5ccccc5c4n3)c3ccccc23)=CC1. The second-order valence-corrected chi connectivity index (χ2v) is 19.1. The van der Waals surface area contributed by atoms with E-state index in [-0.39, 0.29) is 5.41 Å². The van der Waals surface area contributed by atoms with Crippen molar-refractivity contribution in [1.29, 1.82) is 0 Å². The zero-order valence-electron chi connectivity index (χ0n) is 37.0. The molecule has 16 rings (SSSR count). The molecule has 1 aliphatic carbocycles. The molecule has 1 aliphatic rings. The number of hydrogen-bond donors (Lipinski definition) is 0. The molecule has 0 N–H and O–H groups in total. The summed E-state index contributed by atoms with van der Waals surface area (Å²) in [6.45, 7) is 2.37. The van der Waals surface area contributed by atoms with Gasteiger partial charge in [0.1, 0.15) is 11.2 Å². The van der Waals surface area contributed by atoms with Crippen LogP contribution in [0.5, 0.6) is 0 Å². The average Bonchev–Trinajstić information content (AvgIpc) is 4.13. The van der Waals surface area contributed by atoms with Gasteiger partial charge in [0.05, 0.1) is 38.6 Å². The minimum absolute atomic E-state index is 0.291. The van der Waals surface area contributed by atoms with Crippen LogP contribution < -0.4 is 10.6 Å². The Labute approximate surface area is 388 Å². The van der Waals surface area contributed by atoms with E-state index in [2.05, 4.69) is 216 Å². The highest BCUT2D eigenvalue weighted by molar-refractivity contribution is 6.30. The van der Waals surface area contributed by atoms with Crippen molar-refractivity contribution < 1.29 is 4.42 Å². The molecule has 0 saturated heterocycles. The van der Waals surface area contributed by atoms with Crippen molar-refractivity contribution in [3.8, 4) is 17.2 Å². The molecule has 0 aliphatic heterocycles. The van der Waals surface area contributed by atoms with Gasteiger partial charge in [0.2, 0.25) is 5.95 Å². The first-order valence-corrected chi connectivity index (χ1v) is 23.5. The molecule has 5 nitrogen and oxygen atoms in total. The van der Waals surface area contributed by atoms with E-state index in [9.17, 15) is 0 Å². The van der Waals surface area contributed by atoms with Gasteiger partial charge in [-0.15, -0.1) is 0 Å². The third kappa shape index (κ3) is 4.69. The normalized spacial score (nSPS) is 15.4. The van der Waals surface area contributed by atoms with E-state index in [1.165, 1.54) is 75.8 Å². The minimum Gasteiger partial charge on any atom is -0.456 e. The van der Waals surface area contributed by atoms with Crippen LogP contribution in [-0.4, -0.2) is 18.9 Å². The fourth-order valence-corrected chi connectivity index (χ4v) is 12.3. The van der Waals surface area contributed by atoms with Crippen molar-refractivity contribution in [2.45, 2.75) is 18.8 Å². The second kappa shape index (κ2) is 13.0. The molecule has 316 valence electrons. The van der Waals surface area contributed by atoms with E-state index < -0.39 is 0 Å². The van der Waals surface area contributed by atoms with E-state index in [4.69, 9.17) is 14.4 Å². The molecule has 1 atom stereocenters. The van der Waals surface area contributed by atoms with Crippen molar-refractivity contribution in [3.05, 3.63) is 204 Å². The van der Waals surface area contributed by atoms with Crippen LogP contribution in [0.15, 0.2) is 192 Å². The van der Waals surface area contributed by atoms with Crippen LogP contribution in [0.3, 0.4) is 0 Å². The van der Waals surface area contributed by atoms with Crippen LogP contribution in [-0.2, 0) is 5.41 Å². The van der Waals surface area contributed by atoms with Crippen LogP contribution in [0.4, 0.5) is 0 Å². The van der Waals surface area contributed by atoms with Crippen molar-refractivity contribution >= 4 is 126 Å². The maximum atomic E-state index is 6.74. The number of nitrogens with zero attached hydrogens (tertiary/aromatic N) is 4. The maximum absolute atomic E-state index is 6.74. The lowest BCUT2D eigenvalue weighted by Gasteiger charge is -2.27. The van der Waals surface area contributed by atoms with Crippen molar-refractivity contribution in [1.82, 2.24) is 18.9 Å². The van der Waals surface area contributed by atoms with Crippen LogP contribution in [0.1, 0.15) is 18.9 Å². The highest BCUT2D eigenvalue weighted by Crippen LogP contribution is 2.45. The molecule has 5 aromatic heterocycles. The van der Waals surface area contributed by atoms with Crippen molar-refractivity contribution in [3.63, 3.8) is 0 Å². The van der Waals surface area contributed by atoms with Gasteiger partial charge in [0.15, 0.2) is 0 Å². The fraction of sp³-hybridized carbons (Fsp3) is 0.0476. The first-order valence-electron chi connectivity index (χ1n) is 23.5. The Kier molecular flexibility index (Phi) is 6.94. The molecule has 0 bridgehead atoms. The van der Waals surface area contributed by atoms with Gasteiger partial charge in [0.25, 0.3) is 0 Å². The molecular weight excluding hydrogens is 829 g/mol. The second-order valence-electron chi connectivity index (χ2n) is 19.1. The number of benzene rings is 10. The lowest BCUT2D eigenvalue weighted by atomic mass is 9.76. The van der Waals surface area contributed by atoms with Crippen LogP contribution in [0.2, 0.25) is 0 Å². The Morgan fingerprint density at radius 2 is 1.18 bits per heavy atom. The maximum Gasteiger partial charge on any atom is 0.235 e. The quantitative estimate of drug-likeness (QED) is 0.166. The number of hydrogen-bond acceptors (Lipinski definition) is 3. The molecule has 0 saturated carbocycles. The molecule has 0 amide bonds. The molecular formula is C63H38N4O. The summed E-state index contributed by atoms with van der Waals surface area (Å²) in [6.07, 6.45) is 5.71. The molecule has 0 fully saturated rings. The number of rotatable bonds is 3. The van der Waals surface area contributed by atoms with E-state index in [0.29, 0.717) is 5.95 Å². The number of fused-ring (bicyclic) bond motifs is 20. The first-order chi connectivity index (χ1) is 33.6. The van der Waals surface area contributed by atoms with Gasteiger partial charge in [0, 0.05) is 64.7 Å². The smallest absolute Gasteiger partial charge is 0.235 e. The Morgan fingerprint density at radius 1 is 0.485 bits per heavy atom. The van der Waals surface area contributed by atoms with E-state index >= 15 is 0 Å². The topological polar surface area (TPSA) is 48.3 Å². The molecule has 5 heteroatoms. The highest BCUT2D eigenvalue weighted by Gasteiger charge is 2.29. The van der Waals surface area contributed by atoms with E-state index in [1.807, 2.05) is 0 Å². The van der Waals surface area contributed by atoms with Crippen LogP contribution in [0.25, 0.3) is 144 Å². The summed E-state index contributed by atoms with van der Waals surface area (Å²) in [6, 6.07) is 68.2. The first kappa shape index (κ1) is 36.4. The molecule has 1 unspecified atom stereocenters. The van der Waals surface area contributed by atoms with E-state index in [1.54, 1.807) is 0 Å². The van der Waals surface area contributed by atoms with Crippen molar-refractivity contribution in [2.24, 2.45) is 0 Å². The number of furan rings is 1. The lowest BCUT2D eigenvalue weighted by Crippen LogP contribution is -2.37. The predicted octanol–water partition coefficient (Wildman–Crippen LogP) is 14.7. The summed E-state index contributed by atoms with van der Waals surface area (Å²) in [7, 11) is 0. The summed E-state index contributed by atoms with van der Waals surface area (Å²) >= 11 is 0. The van der Waals surface area contributed by atoms with Gasteiger partial charge in [-0.05, 0) is 81.4 Å². The Morgan fingerprint density at radius 3 is 2.03 bits per heavy atom. The summed E-state index contributed by atoms with van der Waals surface area (Å²) < 4.78 is 11.5. The third-order valence-corrected chi connectivity index (χ3v) is 15.4. The molecule has 10 aromatic carbocycles. The highest BCUT2D eigenvalue weighted by atomic mass is 16.3. The third-order valence-electron chi connectivity index (χ3n) is 15.4. The number of aromatic nitrogens is 4. The van der Waals surface area contributed by atoms with Gasteiger partial charge in [-0.2, -0.15) is 0 Å². The molecule has 5 heterocycles. The minimum atomic E-state index is -0.291. The zero-order chi connectivity index (χ0) is 44.4. The largest absolute Gasteiger partial charge is 0.456 e. The number of para-hydroxylation sites is 3. The lowest BCUT2D eigenvalue weighted by molar-refractivity contribution is 0.648. The zero-order valence-corrected chi connectivity index (χ0v) is 37.0. The summed E-state index contributed by atoms with van der Waals surface area (Å²) in [5, 5.41) is 19.1. The van der Waals surface area contributed by atoms with E-state index in [0.717, 1.165) is 72.2 Å².